The van der Waals surface area contributed by atoms with E-state index in [1.807, 2.05) is 30.3 Å². The molecule has 1 aliphatic rings. The lowest BCUT2D eigenvalue weighted by Gasteiger charge is -2.24. The molecule has 0 aliphatic carbocycles. The monoisotopic (exact) mass is 421 g/mol. The molecule has 0 bridgehead atoms. The van der Waals surface area contributed by atoms with Crippen molar-refractivity contribution in [2.45, 2.75) is 11.7 Å². The second-order valence-electron chi connectivity index (χ2n) is 6.54. The number of rotatable bonds is 6. The molecule has 1 atom stereocenters. The number of hydrogen-bond donors (Lipinski definition) is 0. The van der Waals surface area contributed by atoms with E-state index in [4.69, 9.17) is 4.74 Å². The summed E-state index contributed by atoms with van der Waals surface area (Å²) in [6.07, 6.45) is 1.64. The van der Waals surface area contributed by atoms with Crippen LogP contribution in [0, 0.1) is 0 Å². The van der Waals surface area contributed by atoms with Crippen LogP contribution >= 0.6 is 0 Å². The summed E-state index contributed by atoms with van der Waals surface area (Å²) in [7, 11) is -1.43. The summed E-state index contributed by atoms with van der Waals surface area (Å²) in [6, 6.07) is 17.7. The Hall–Kier alpha value is -3.52. The molecular weight excluding hydrogens is 402 g/mol. The molecule has 0 N–H and O–H groups in total. The van der Waals surface area contributed by atoms with Gasteiger partial charge >= 0.3 is 5.97 Å². The van der Waals surface area contributed by atoms with E-state index in [0.717, 1.165) is 0 Å². The molecule has 1 aliphatic heterocycles. The smallest absolute Gasteiger partial charge is 0.344 e. The molecule has 3 aromatic rings. The fourth-order valence-corrected chi connectivity index (χ4v) is 4.36. The van der Waals surface area contributed by atoms with Gasteiger partial charge in [-0.3, -0.25) is 13.6 Å². The van der Waals surface area contributed by atoms with Gasteiger partial charge in [-0.2, -0.15) is 4.98 Å². The van der Waals surface area contributed by atoms with Gasteiger partial charge in [-0.05, 0) is 24.3 Å². The van der Waals surface area contributed by atoms with Gasteiger partial charge in [0.2, 0.25) is 5.16 Å². The van der Waals surface area contributed by atoms with Gasteiger partial charge < -0.3 is 9.64 Å². The maximum Gasteiger partial charge on any atom is 0.344 e. The molecule has 2 aromatic carbocycles. The second-order valence-corrected chi connectivity index (χ2v) is 8.01. The standard InChI is InChI=1S/C22H19N3O4S/c1-2-13-24(17-11-7-4-8-12-17)18-19(29-21(27)16-9-5-3-6-10-16)23-22-25(20(18)26)14-15-30(22)28/h2-12H,1,13-15H2. The molecule has 1 unspecified atom stereocenters. The molecular formula is C22H19N3O4S. The predicted octanol–water partition coefficient (Wildman–Crippen LogP) is 2.91. The Morgan fingerprint density at radius 3 is 2.50 bits per heavy atom. The van der Waals surface area contributed by atoms with Crippen LogP contribution in [0.4, 0.5) is 11.4 Å². The number of ether oxygens (including phenoxy) is 1. The van der Waals surface area contributed by atoms with Crippen LogP contribution in [-0.4, -0.2) is 32.0 Å². The first-order chi connectivity index (χ1) is 14.6. The normalized spacial score (nSPS) is 14.7. The summed E-state index contributed by atoms with van der Waals surface area (Å²) in [5.41, 5.74) is 0.732. The van der Waals surface area contributed by atoms with Crippen molar-refractivity contribution in [3.05, 3.63) is 89.2 Å². The molecule has 0 radical (unpaired) electrons. The van der Waals surface area contributed by atoms with E-state index in [1.54, 1.807) is 41.3 Å². The van der Waals surface area contributed by atoms with E-state index >= 15 is 0 Å². The number of anilines is 2. The number of para-hydroxylation sites is 1. The first kappa shape index (κ1) is 19.8. The largest absolute Gasteiger partial charge is 0.401 e. The number of benzene rings is 2. The maximum atomic E-state index is 13.4. The van der Waals surface area contributed by atoms with Gasteiger partial charge in [0, 0.05) is 24.5 Å². The quantitative estimate of drug-likeness (QED) is 0.346. The fraction of sp³-hybridized carbons (Fsp3) is 0.136. The Labute approximate surface area is 175 Å². The molecule has 0 fully saturated rings. The molecule has 152 valence electrons. The van der Waals surface area contributed by atoms with Gasteiger partial charge in [-0.25, -0.2) is 4.79 Å². The first-order valence-electron chi connectivity index (χ1n) is 9.34. The lowest BCUT2D eigenvalue weighted by atomic mass is 10.2. The lowest BCUT2D eigenvalue weighted by Crippen LogP contribution is -2.31. The van der Waals surface area contributed by atoms with Crippen LogP contribution in [0.5, 0.6) is 5.88 Å². The fourth-order valence-electron chi connectivity index (χ4n) is 3.23. The van der Waals surface area contributed by atoms with Gasteiger partial charge in [-0.1, -0.05) is 42.5 Å². The number of carbonyl (C=O) groups is 1. The van der Waals surface area contributed by atoms with Crippen molar-refractivity contribution in [2.24, 2.45) is 0 Å². The Kier molecular flexibility index (Phi) is 5.58. The van der Waals surface area contributed by atoms with E-state index in [9.17, 15) is 13.8 Å². The third-order valence-electron chi connectivity index (χ3n) is 4.63. The number of hydrogen-bond acceptors (Lipinski definition) is 6. The molecule has 4 rings (SSSR count). The zero-order valence-corrected chi connectivity index (χ0v) is 16.9. The van der Waals surface area contributed by atoms with Crippen molar-refractivity contribution in [3.63, 3.8) is 0 Å². The lowest BCUT2D eigenvalue weighted by molar-refractivity contribution is 0.0726. The molecule has 0 amide bonds. The molecule has 0 saturated heterocycles. The molecule has 0 spiro atoms. The van der Waals surface area contributed by atoms with Crippen LogP contribution in [0.1, 0.15) is 10.4 Å². The zero-order chi connectivity index (χ0) is 21.1. The highest BCUT2D eigenvalue weighted by Crippen LogP contribution is 2.31. The van der Waals surface area contributed by atoms with Crippen LogP contribution in [0.3, 0.4) is 0 Å². The van der Waals surface area contributed by atoms with Crippen molar-refractivity contribution in [3.8, 4) is 5.88 Å². The van der Waals surface area contributed by atoms with Crippen LogP contribution in [0.15, 0.2) is 83.3 Å². The summed E-state index contributed by atoms with van der Waals surface area (Å²) in [5.74, 6) is -0.518. The Morgan fingerprint density at radius 1 is 1.17 bits per heavy atom. The second kappa shape index (κ2) is 8.46. The number of nitrogens with zero attached hydrogens (tertiary/aromatic N) is 3. The number of fused-ring (bicyclic) bond motifs is 1. The minimum Gasteiger partial charge on any atom is -0.401 e. The number of aromatic nitrogens is 2. The van der Waals surface area contributed by atoms with Crippen molar-refractivity contribution in [1.29, 1.82) is 0 Å². The first-order valence-corrected chi connectivity index (χ1v) is 10.7. The minimum atomic E-state index is -1.43. The summed E-state index contributed by atoms with van der Waals surface area (Å²) >= 11 is 0. The van der Waals surface area contributed by atoms with Gasteiger partial charge in [0.05, 0.1) is 16.4 Å². The molecule has 7 nitrogen and oxygen atoms in total. The van der Waals surface area contributed by atoms with E-state index < -0.39 is 22.3 Å². The summed E-state index contributed by atoms with van der Waals surface area (Å²) in [4.78, 5) is 32.1. The van der Waals surface area contributed by atoms with E-state index in [1.165, 1.54) is 4.57 Å². The van der Waals surface area contributed by atoms with Crippen LogP contribution < -0.4 is 15.2 Å². The Bertz CT molecular complexity index is 1180. The molecule has 1 aromatic heterocycles. The van der Waals surface area contributed by atoms with Crippen molar-refractivity contribution in [1.82, 2.24) is 9.55 Å². The average molecular weight is 421 g/mol. The number of esters is 1. The third kappa shape index (κ3) is 3.69. The van der Waals surface area contributed by atoms with Crippen molar-refractivity contribution >= 4 is 28.1 Å². The predicted molar refractivity (Wildman–Crippen MR) is 115 cm³/mol. The summed E-state index contributed by atoms with van der Waals surface area (Å²) in [6.45, 7) is 4.36. The Morgan fingerprint density at radius 2 is 1.83 bits per heavy atom. The van der Waals surface area contributed by atoms with Gasteiger partial charge in [-0.15, -0.1) is 6.58 Å². The highest BCUT2D eigenvalue weighted by molar-refractivity contribution is 7.85. The molecule has 30 heavy (non-hydrogen) atoms. The minimum absolute atomic E-state index is 0.105. The average Bonchev–Trinajstić information content (AvgIpc) is 3.15. The maximum absolute atomic E-state index is 13.4. The van der Waals surface area contributed by atoms with Crippen molar-refractivity contribution < 1.29 is 13.7 Å². The molecule has 0 saturated carbocycles. The third-order valence-corrected chi connectivity index (χ3v) is 5.90. The number of carbonyl (C=O) groups excluding carboxylic acids is 1. The van der Waals surface area contributed by atoms with E-state index in [-0.39, 0.29) is 16.7 Å². The molecule has 2 heterocycles. The van der Waals surface area contributed by atoms with Crippen molar-refractivity contribution in [2.75, 3.05) is 17.2 Å². The summed E-state index contributed by atoms with van der Waals surface area (Å²) < 4.78 is 19.3. The highest BCUT2D eigenvalue weighted by atomic mass is 32.2. The topological polar surface area (TPSA) is 81.5 Å². The van der Waals surface area contributed by atoms with Gasteiger partial charge in [0.15, 0.2) is 5.69 Å². The van der Waals surface area contributed by atoms with E-state index in [2.05, 4.69) is 11.6 Å². The van der Waals surface area contributed by atoms with Gasteiger partial charge in [0.25, 0.3) is 11.4 Å². The van der Waals surface area contributed by atoms with Crippen LogP contribution in [-0.2, 0) is 17.3 Å². The van der Waals surface area contributed by atoms with Crippen LogP contribution in [0.2, 0.25) is 0 Å². The van der Waals surface area contributed by atoms with Gasteiger partial charge in [0.1, 0.15) is 0 Å². The SMILES string of the molecule is C=CCN(c1ccccc1)c1c(OC(=O)c2ccccc2)nc2n(c1=O)CCS2=O. The van der Waals surface area contributed by atoms with Crippen LogP contribution in [0.25, 0.3) is 0 Å². The van der Waals surface area contributed by atoms with E-state index in [0.29, 0.717) is 30.1 Å². The zero-order valence-electron chi connectivity index (χ0n) is 16.1. The Balaban J connectivity index is 1.88. The highest BCUT2D eigenvalue weighted by Gasteiger charge is 2.30. The molecule has 8 heteroatoms. The summed E-state index contributed by atoms with van der Waals surface area (Å²) in [5, 5.41) is 0.117.